The Morgan fingerprint density at radius 2 is 1.00 bits per heavy atom. The monoisotopic (exact) mass is 634 g/mol. The van der Waals surface area contributed by atoms with Gasteiger partial charge in [-0.05, 0) is 84.9 Å². The molecule has 0 fully saturated rings. The Hall–Kier alpha value is -6.20. The Morgan fingerprint density at radius 3 is 1.66 bits per heavy atom. The minimum atomic E-state index is -0.536. The normalized spacial score (nSPS) is 11.6. The molecule has 9 rings (SSSR count). The van der Waals surface area contributed by atoms with Gasteiger partial charge < -0.3 is 10.2 Å². The van der Waals surface area contributed by atoms with Crippen molar-refractivity contribution in [3.8, 4) is 50.8 Å². The molecule has 7 heteroatoms. The molecule has 6 radical (unpaired) electrons. The molecule has 1 aromatic heterocycles. The number of para-hydroxylation sites is 2. The second kappa shape index (κ2) is 11.5. The number of rotatable bonds is 4. The molecule has 0 aliphatic carbocycles. The van der Waals surface area contributed by atoms with Crippen molar-refractivity contribution < 1.29 is 10.2 Å². The number of fused-ring (bicyclic) bond motifs is 4. The number of imidazole rings is 1. The molecule has 0 aliphatic heterocycles. The lowest BCUT2D eigenvalue weighted by atomic mass is 9.69. The van der Waals surface area contributed by atoms with Crippen LogP contribution in [0.25, 0.3) is 82.7 Å². The topological polar surface area (TPSA) is 58.3 Å². The van der Waals surface area contributed by atoms with Crippen molar-refractivity contribution in [3.05, 3.63) is 140 Å². The summed E-state index contributed by atoms with van der Waals surface area (Å²) in [6, 6.07) is 48.3. The third-order valence-corrected chi connectivity index (χ3v) is 9.73. The number of aromatic nitrogens is 2. The molecule has 0 amide bonds. The number of phenolic OH excluding ortho intramolecular Hbond substituents is 2. The van der Waals surface area contributed by atoms with E-state index in [0.717, 1.165) is 33.1 Å². The second-order valence-electron chi connectivity index (χ2n) is 12.5. The number of aromatic hydroxyl groups is 2. The summed E-state index contributed by atoms with van der Waals surface area (Å²) in [5.41, 5.74) is 6.78. The van der Waals surface area contributed by atoms with Crippen LogP contribution in [0.15, 0.2) is 140 Å². The van der Waals surface area contributed by atoms with Crippen molar-refractivity contribution in [2.24, 2.45) is 0 Å². The predicted molar refractivity (Wildman–Crippen MR) is 209 cm³/mol. The molecule has 2 N–H and O–H groups in total. The van der Waals surface area contributed by atoms with Crippen LogP contribution < -0.4 is 16.4 Å². The molecular weight excluding hydrogens is 609 g/mol. The fraction of sp³-hybridized carbons (Fsp3) is 0. The third-order valence-electron chi connectivity index (χ3n) is 9.73. The molecule has 0 spiro atoms. The molecule has 0 aliphatic rings. The standard InChI is InChI=1S/C43H25B3N2O2/c44-38-37(41(49)42(50)40(46)39(38)45)43-47-33-15-7-8-16-34(33)48(43)28-21-19-25(20-22-28)35-29-11-3-5-13-31(29)36(32-14-6-4-12-30(32)35)27-18-17-24-9-1-2-10-26(24)23-27/h1-23,49-50H. The highest BCUT2D eigenvalue weighted by molar-refractivity contribution is 6.59. The van der Waals surface area contributed by atoms with Crippen LogP contribution in [0, 0.1) is 0 Å². The zero-order valence-electron chi connectivity index (χ0n) is 26.8. The first kappa shape index (κ1) is 29.9. The first-order valence-corrected chi connectivity index (χ1v) is 16.3. The number of benzene rings is 8. The maximum Gasteiger partial charge on any atom is 0.167 e. The number of hydrogen-bond acceptors (Lipinski definition) is 3. The molecule has 0 atom stereocenters. The Kier molecular flexibility index (Phi) is 6.85. The highest BCUT2D eigenvalue weighted by Gasteiger charge is 2.24. The molecule has 0 unspecified atom stereocenters. The van der Waals surface area contributed by atoms with Gasteiger partial charge in [-0.15, -0.1) is 5.46 Å². The zero-order valence-corrected chi connectivity index (χ0v) is 26.8. The number of hydrogen-bond donors (Lipinski definition) is 2. The van der Waals surface area contributed by atoms with E-state index in [2.05, 4.69) is 103 Å². The van der Waals surface area contributed by atoms with Crippen molar-refractivity contribution in [2.75, 3.05) is 0 Å². The average Bonchev–Trinajstić information content (AvgIpc) is 3.54. The van der Waals surface area contributed by atoms with Crippen LogP contribution in [-0.4, -0.2) is 43.3 Å². The largest absolute Gasteiger partial charge is 0.505 e. The van der Waals surface area contributed by atoms with Crippen molar-refractivity contribution in [1.29, 1.82) is 0 Å². The van der Waals surface area contributed by atoms with Gasteiger partial charge >= 0.3 is 0 Å². The van der Waals surface area contributed by atoms with Crippen LogP contribution in [-0.2, 0) is 0 Å². The third kappa shape index (κ3) is 4.47. The molecule has 8 aromatic carbocycles. The van der Waals surface area contributed by atoms with Crippen LogP contribution in [0.5, 0.6) is 11.5 Å². The molecule has 9 aromatic rings. The van der Waals surface area contributed by atoms with Gasteiger partial charge in [0.2, 0.25) is 0 Å². The van der Waals surface area contributed by atoms with Crippen molar-refractivity contribution >= 4 is 83.3 Å². The summed E-state index contributed by atoms with van der Waals surface area (Å²) >= 11 is 0. The molecule has 0 saturated carbocycles. The van der Waals surface area contributed by atoms with Gasteiger partial charge in [-0.25, -0.2) is 4.98 Å². The molecule has 0 bridgehead atoms. The molecular formula is C43H25B3N2O2. The summed E-state index contributed by atoms with van der Waals surface area (Å²) in [5, 5.41) is 28.8. The van der Waals surface area contributed by atoms with Crippen molar-refractivity contribution in [3.63, 3.8) is 0 Å². The van der Waals surface area contributed by atoms with Crippen LogP contribution >= 0.6 is 0 Å². The summed E-state index contributed by atoms with van der Waals surface area (Å²) in [6.07, 6.45) is 0. The smallest absolute Gasteiger partial charge is 0.167 e. The Morgan fingerprint density at radius 1 is 0.460 bits per heavy atom. The Bertz CT molecular complexity index is 2740. The Labute approximate surface area is 292 Å². The molecule has 228 valence electrons. The number of nitrogens with zero attached hydrogens (tertiary/aromatic N) is 2. The van der Waals surface area contributed by atoms with Crippen LogP contribution in [0.4, 0.5) is 0 Å². The van der Waals surface area contributed by atoms with Gasteiger partial charge in [0.05, 0.1) is 16.6 Å². The highest BCUT2D eigenvalue weighted by Crippen LogP contribution is 2.44. The lowest BCUT2D eigenvalue weighted by molar-refractivity contribution is 0.408. The molecule has 50 heavy (non-hydrogen) atoms. The fourth-order valence-corrected chi connectivity index (χ4v) is 7.33. The van der Waals surface area contributed by atoms with Gasteiger partial charge in [0.1, 0.15) is 35.1 Å². The van der Waals surface area contributed by atoms with Crippen LogP contribution in [0.3, 0.4) is 0 Å². The summed E-state index contributed by atoms with van der Waals surface area (Å²) in [5.74, 6) is -0.690. The van der Waals surface area contributed by atoms with E-state index < -0.39 is 11.5 Å². The minimum Gasteiger partial charge on any atom is -0.505 e. The maximum absolute atomic E-state index is 11.1. The first-order valence-electron chi connectivity index (χ1n) is 16.3. The van der Waals surface area contributed by atoms with E-state index in [9.17, 15) is 10.2 Å². The maximum atomic E-state index is 11.1. The SMILES string of the molecule is [B]c1c([B])c(O)c(O)c(-c2nc3ccccc3n2-c2ccc(-c3c4ccccc4c(-c4ccc5ccccc5c4)c4ccccc34)cc2)c1[B]. The summed E-state index contributed by atoms with van der Waals surface area (Å²) in [4.78, 5) is 4.83. The average molecular weight is 634 g/mol. The molecule has 4 nitrogen and oxygen atoms in total. The van der Waals surface area contributed by atoms with Crippen LogP contribution in [0.2, 0.25) is 0 Å². The first-order chi connectivity index (χ1) is 24.4. The van der Waals surface area contributed by atoms with E-state index in [4.69, 9.17) is 28.5 Å². The summed E-state index contributed by atoms with van der Waals surface area (Å²) < 4.78 is 1.90. The van der Waals surface area contributed by atoms with E-state index in [1.165, 1.54) is 32.7 Å². The quantitative estimate of drug-likeness (QED) is 0.122. The molecule has 1 heterocycles. The summed E-state index contributed by atoms with van der Waals surface area (Å²) in [7, 11) is 18.5. The Balaban J connectivity index is 1.26. The van der Waals surface area contributed by atoms with E-state index >= 15 is 0 Å². The molecule has 0 saturated heterocycles. The van der Waals surface area contributed by atoms with Gasteiger partial charge in [-0.1, -0.05) is 120 Å². The van der Waals surface area contributed by atoms with Crippen LogP contribution in [0.1, 0.15) is 0 Å². The van der Waals surface area contributed by atoms with Crippen molar-refractivity contribution in [2.45, 2.75) is 0 Å². The van der Waals surface area contributed by atoms with Gasteiger partial charge in [-0.3, -0.25) is 4.57 Å². The minimum absolute atomic E-state index is 0.0184. The second-order valence-corrected chi connectivity index (χ2v) is 12.5. The van der Waals surface area contributed by atoms with E-state index in [1.54, 1.807) is 0 Å². The fourth-order valence-electron chi connectivity index (χ4n) is 7.33. The van der Waals surface area contributed by atoms with E-state index in [0.29, 0.717) is 11.3 Å². The van der Waals surface area contributed by atoms with Gasteiger partial charge in [0.25, 0.3) is 0 Å². The highest BCUT2D eigenvalue weighted by atomic mass is 16.3. The number of phenols is 2. The van der Waals surface area contributed by atoms with Gasteiger partial charge in [0, 0.05) is 5.69 Å². The lowest BCUT2D eigenvalue weighted by Gasteiger charge is -2.19. The zero-order chi connectivity index (χ0) is 34.1. The van der Waals surface area contributed by atoms with Crippen molar-refractivity contribution in [1.82, 2.24) is 9.55 Å². The predicted octanol–water partition coefficient (Wildman–Crippen LogP) is 7.28. The van der Waals surface area contributed by atoms with E-state index in [1.807, 2.05) is 41.0 Å². The van der Waals surface area contributed by atoms with E-state index in [-0.39, 0.29) is 22.0 Å². The van der Waals surface area contributed by atoms with Gasteiger partial charge in [0.15, 0.2) is 5.75 Å². The summed E-state index contributed by atoms with van der Waals surface area (Å²) in [6.45, 7) is 0. The van der Waals surface area contributed by atoms with Gasteiger partial charge in [-0.2, -0.15) is 0 Å². The lowest BCUT2D eigenvalue weighted by Crippen LogP contribution is -2.40.